The van der Waals surface area contributed by atoms with Gasteiger partial charge in [-0.05, 0) is 12.5 Å². The summed E-state index contributed by atoms with van der Waals surface area (Å²) in [4.78, 5) is 11.3. The van der Waals surface area contributed by atoms with E-state index in [1.165, 1.54) is 6.07 Å². The van der Waals surface area contributed by atoms with Gasteiger partial charge < -0.3 is 0 Å². The van der Waals surface area contributed by atoms with E-state index in [4.69, 9.17) is 0 Å². The number of alkyl halides is 3. The van der Waals surface area contributed by atoms with Crippen LogP contribution in [0.3, 0.4) is 0 Å². The molecule has 2 nitrogen and oxygen atoms in total. The molecule has 0 amide bonds. The molecule has 0 bridgehead atoms. The number of Topliss-reactive ketones (excluding diaryl/α,β-unsaturated/α-hetero) is 1. The highest BCUT2D eigenvalue weighted by Gasteiger charge is 2.30. The number of carbonyl (C=O) groups is 1. The summed E-state index contributed by atoms with van der Waals surface area (Å²) in [6, 6.07) is 6.42. The standard InChI is InChI=1S/C10H9F3O2/c1-7-4-2-3-5-8(7)9(14)6-15-10(11,12)13/h2-5H,6H2,1H3. The van der Waals surface area contributed by atoms with E-state index >= 15 is 0 Å². The van der Waals surface area contributed by atoms with E-state index in [9.17, 15) is 18.0 Å². The average Bonchev–Trinajstić information content (AvgIpc) is 2.14. The first-order chi connectivity index (χ1) is 6.90. The van der Waals surface area contributed by atoms with E-state index < -0.39 is 18.8 Å². The van der Waals surface area contributed by atoms with Gasteiger partial charge in [-0.25, -0.2) is 0 Å². The van der Waals surface area contributed by atoms with Crippen molar-refractivity contribution in [2.45, 2.75) is 13.3 Å². The molecule has 0 fully saturated rings. The van der Waals surface area contributed by atoms with Crippen LogP contribution in [0.15, 0.2) is 24.3 Å². The maximum atomic E-state index is 11.7. The fourth-order valence-corrected chi connectivity index (χ4v) is 1.11. The maximum absolute atomic E-state index is 11.7. The number of ketones is 1. The zero-order valence-electron chi connectivity index (χ0n) is 7.97. The molecule has 5 heteroatoms. The molecular formula is C10H9F3O2. The highest BCUT2D eigenvalue weighted by atomic mass is 19.4. The molecule has 1 aromatic carbocycles. The Morgan fingerprint density at radius 3 is 2.47 bits per heavy atom. The van der Waals surface area contributed by atoms with Gasteiger partial charge in [0.25, 0.3) is 0 Å². The highest BCUT2D eigenvalue weighted by molar-refractivity contribution is 5.98. The van der Waals surface area contributed by atoms with Crippen molar-refractivity contribution in [2.75, 3.05) is 6.61 Å². The number of aryl methyl sites for hydroxylation is 1. The largest absolute Gasteiger partial charge is 0.522 e. The summed E-state index contributed by atoms with van der Waals surface area (Å²) in [5.41, 5.74) is 0.884. The topological polar surface area (TPSA) is 26.3 Å². The molecule has 0 spiro atoms. The summed E-state index contributed by atoms with van der Waals surface area (Å²) >= 11 is 0. The van der Waals surface area contributed by atoms with Crippen molar-refractivity contribution in [1.82, 2.24) is 0 Å². The summed E-state index contributed by atoms with van der Waals surface area (Å²) in [5, 5.41) is 0. The number of halogens is 3. The van der Waals surface area contributed by atoms with Crippen LogP contribution >= 0.6 is 0 Å². The van der Waals surface area contributed by atoms with Crippen LogP contribution in [0.5, 0.6) is 0 Å². The van der Waals surface area contributed by atoms with Crippen LogP contribution in [-0.4, -0.2) is 18.8 Å². The number of ether oxygens (including phenoxy) is 1. The van der Waals surface area contributed by atoms with E-state index in [1.54, 1.807) is 25.1 Å². The Morgan fingerprint density at radius 2 is 1.93 bits per heavy atom. The third kappa shape index (κ3) is 3.71. The number of benzene rings is 1. The Bertz CT molecular complexity index is 358. The van der Waals surface area contributed by atoms with Crippen LogP contribution in [0, 0.1) is 6.92 Å². The zero-order chi connectivity index (χ0) is 11.5. The lowest BCUT2D eigenvalue weighted by Gasteiger charge is -2.07. The Balaban J connectivity index is 2.66. The SMILES string of the molecule is Cc1ccccc1C(=O)COC(F)(F)F. The van der Waals surface area contributed by atoms with E-state index in [1.807, 2.05) is 0 Å². The molecule has 0 aliphatic carbocycles. The molecule has 0 saturated carbocycles. The molecule has 1 rings (SSSR count). The van der Waals surface area contributed by atoms with Crippen molar-refractivity contribution < 1.29 is 22.7 Å². The minimum atomic E-state index is -4.77. The van der Waals surface area contributed by atoms with Crippen molar-refractivity contribution >= 4 is 5.78 Å². The molecular weight excluding hydrogens is 209 g/mol. The first kappa shape index (κ1) is 11.7. The van der Waals surface area contributed by atoms with Crippen molar-refractivity contribution in [1.29, 1.82) is 0 Å². The Labute approximate surface area is 84.7 Å². The summed E-state index contributed by atoms with van der Waals surface area (Å²) in [7, 11) is 0. The highest BCUT2D eigenvalue weighted by Crippen LogP contribution is 2.17. The Hall–Kier alpha value is -1.36. The van der Waals surface area contributed by atoms with E-state index in [-0.39, 0.29) is 5.56 Å². The van der Waals surface area contributed by atoms with Crippen molar-refractivity contribution in [2.24, 2.45) is 0 Å². The second-order valence-corrected chi connectivity index (χ2v) is 2.97. The first-order valence-corrected chi connectivity index (χ1v) is 4.19. The van der Waals surface area contributed by atoms with Crippen LogP contribution < -0.4 is 0 Å². The van der Waals surface area contributed by atoms with Crippen LogP contribution in [0.2, 0.25) is 0 Å². The van der Waals surface area contributed by atoms with Crippen molar-refractivity contribution in [3.63, 3.8) is 0 Å². The quantitative estimate of drug-likeness (QED) is 0.729. The lowest BCUT2D eigenvalue weighted by atomic mass is 10.1. The van der Waals surface area contributed by atoms with Crippen LogP contribution in [0.4, 0.5) is 13.2 Å². The van der Waals surface area contributed by atoms with Crippen LogP contribution in [-0.2, 0) is 4.74 Å². The fourth-order valence-electron chi connectivity index (χ4n) is 1.11. The number of hydrogen-bond donors (Lipinski definition) is 0. The fraction of sp³-hybridized carbons (Fsp3) is 0.300. The maximum Gasteiger partial charge on any atom is 0.522 e. The first-order valence-electron chi connectivity index (χ1n) is 4.19. The summed E-state index contributed by atoms with van der Waals surface area (Å²) in [6.07, 6.45) is -4.77. The number of hydrogen-bond acceptors (Lipinski definition) is 2. The third-order valence-electron chi connectivity index (χ3n) is 1.81. The molecule has 0 radical (unpaired) electrons. The molecule has 0 aromatic heterocycles. The zero-order valence-corrected chi connectivity index (χ0v) is 7.97. The monoisotopic (exact) mass is 218 g/mol. The molecule has 0 unspecified atom stereocenters. The predicted molar refractivity (Wildman–Crippen MR) is 47.5 cm³/mol. The second kappa shape index (κ2) is 4.44. The minimum Gasteiger partial charge on any atom is -0.292 e. The molecule has 0 aliphatic heterocycles. The molecule has 15 heavy (non-hydrogen) atoms. The van der Waals surface area contributed by atoms with Crippen molar-refractivity contribution in [3.8, 4) is 0 Å². The van der Waals surface area contributed by atoms with E-state index in [0.717, 1.165) is 0 Å². The average molecular weight is 218 g/mol. The number of carbonyl (C=O) groups excluding carboxylic acids is 1. The normalized spacial score (nSPS) is 11.5. The molecule has 0 N–H and O–H groups in total. The predicted octanol–water partition coefficient (Wildman–Crippen LogP) is 2.71. The molecule has 1 aromatic rings. The van der Waals surface area contributed by atoms with Gasteiger partial charge in [-0.2, -0.15) is 0 Å². The summed E-state index contributed by atoms with van der Waals surface area (Å²) in [5.74, 6) is -0.676. The summed E-state index contributed by atoms with van der Waals surface area (Å²) < 4.78 is 38.4. The molecule has 0 atom stereocenters. The van der Waals surface area contributed by atoms with Gasteiger partial charge in [0.2, 0.25) is 0 Å². The van der Waals surface area contributed by atoms with Gasteiger partial charge >= 0.3 is 6.36 Å². The molecule has 0 aliphatic rings. The van der Waals surface area contributed by atoms with Crippen LogP contribution in [0.1, 0.15) is 15.9 Å². The smallest absolute Gasteiger partial charge is 0.292 e. The molecule has 82 valence electrons. The van der Waals surface area contributed by atoms with E-state index in [0.29, 0.717) is 5.56 Å². The Morgan fingerprint density at radius 1 is 1.33 bits per heavy atom. The number of rotatable bonds is 3. The van der Waals surface area contributed by atoms with Crippen molar-refractivity contribution in [3.05, 3.63) is 35.4 Å². The molecule has 0 heterocycles. The summed E-state index contributed by atoms with van der Waals surface area (Å²) in [6.45, 7) is 0.676. The molecule has 0 saturated heterocycles. The van der Waals surface area contributed by atoms with Gasteiger partial charge in [0.15, 0.2) is 5.78 Å². The second-order valence-electron chi connectivity index (χ2n) is 2.97. The van der Waals surface area contributed by atoms with Crippen LogP contribution in [0.25, 0.3) is 0 Å². The lowest BCUT2D eigenvalue weighted by Crippen LogP contribution is -2.20. The van der Waals surface area contributed by atoms with Gasteiger partial charge in [0, 0.05) is 5.56 Å². The van der Waals surface area contributed by atoms with Gasteiger partial charge in [-0.3, -0.25) is 9.53 Å². The van der Waals surface area contributed by atoms with E-state index in [2.05, 4.69) is 4.74 Å². The van der Waals surface area contributed by atoms with Gasteiger partial charge in [-0.15, -0.1) is 13.2 Å². The third-order valence-corrected chi connectivity index (χ3v) is 1.81. The lowest BCUT2D eigenvalue weighted by molar-refractivity contribution is -0.318. The van der Waals surface area contributed by atoms with Gasteiger partial charge in [0.1, 0.15) is 6.61 Å². The minimum absolute atomic E-state index is 0.252. The van der Waals surface area contributed by atoms with Gasteiger partial charge in [0.05, 0.1) is 0 Å². The Kier molecular flexibility index (Phi) is 3.47. The van der Waals surface area contributed by atoms with Gasteiger partial charge in [-0.1, -0.05) is 24.3 Å².